The van der Waals surface area contributed by atoms with Crippen LogP contribution in [0.5, 0.6) is 0 Å². The van der Waals surface area contributed by atoms with E-state index in [1.807, 2.05) is 13.8 Å². The summed E-state index contributed by atoms with van der Waals surface area (Å²) in [6.07, 6.45) is -0.232. The van der Waals surface area contributed by atoms with Crippen molar-refractivity contribution < 1.29 is 37.4 Å². The summed E-state index contributed by atoms with van der Waals surface area (Å²) < 4.78 is 50.0. The molecule has 1 aliphatic carbocycles. The Morgan fingerprint density at radius 2 is 1.73 bits per heavy atom. The third kappa shape index (κ3) is 6.60. The number of aromatic nitrogens is 3. The zero-order valence-electron chi connectivity index (χ0n) is 21.9. The predicted molar refractivity (Wildman–Crippen MR) is 139 cm³/mol. The van der Waals surface area contributed by atoms with E-state index in [-0.39, 0.29) is 47.8 Å². The van der Waals surface area contributed by atoms with Gasteiger partial charge in [-0.05, 0) is 52.4 Å². The van der Waals surface area contributed by atoms with Crippen LogP contribution in [0.25, 0.3) is 0 Å². The number of nitrogens with zero attached hydrogens (tertiary/aromatic N) is 4. The number of rotatable bonds is 8. The molecule has 1 aliphatic heterocycles. The molecule has 2 aliphatic rings. The first-order chi connectivity index (χ1) is 18.7. The maximum absolute atomic E-state index is 14.4. The number of ether oxygens (including phenoxy) is 1. The average molecular weight is 605 g/mol. The lowest BCUT2D eigenvalue weighted by Gasteiger charge is -2.29. The molecule has 2 aromatic heterocycles. The lowest BCUT2D eigenvalue weighted by Crippen LogP contribution is -2.42. The first kappa shape index (κ1) is 30.3. The Hall–Kier alpha value is -2.70. The summed E-state index contributed by atoms with van der Waals surface area (Å²) in [5.74, 6) is -3.33. The molecule has 218 valence electrons. The van der Waals surface area contributed by atoms with E-state index in [1.54, 1.807) is 0 Å². The Morgan fingerprint density at radius 1 is 1.10 bits per heavy atom. The Kier molecular flexibility index (Phi) is 8.82. The van der Waals surface area contributed by atoms with Crippen molar-refractivity contribution in [3.05, 3.63) is 45.5 Å². The third-order valence-corrected chi connectivity index (χ3v) is 7.99. The van der Waals surface area contributed by atoms with Crippen LogP contribution >= 0.6 is 23.2 Å². The molecular formula is C26H29Cl2F3N4O5. The minimum atomic E-state index is -4.94. The molecule has 2 aromatic rings. The quantitative estimate of drug-likeness (QED) is 0.384. The predicted octanol–water partition coefficient (Wildman–Crippen LogP) is 5.70. The molecular weight excluding hydrogens is 576 g/mol. The first-order valence-corrected chi connectivity index (χ1v) is 13.6. The number of carbonyl (C=O) groups is 3. The van der Waals surface area contributed by atoms with Gasteiger partial charge in [0.2, 0.25) is 0 Å². The van der Waals surface area contributed by atoms with Gasteiger partial charge in [0.1, 0.15) is 0 Å². The SMILES string of the molecule is CC1(C)CC[C@@H](CN(CC(=O)c2c(Cl)cncc2Cl)C(=O)c2cnn([C@H]3CC[C@H](C(=O)O)CC3)c2C(F)(F)F)O1. The number of ketones is 1. The van der Waals surface area contributed by atoms with Crippen LogP contribution in [0, 0.1) is 5.92 Å². The molecule has 40 heavy (non-hydrogen) atoms. The van der Waals surface area contributed by atoms with Crippen molar-refractivity contribution in [2.24, 2.45) is 5.92 Å². The molecule has 1 atom stereocenters. The van der Waals surface area contributed by atoms with Crippen LogP contribution < -0.4 is 0 Å². The summed E-state index contributed by atoms with van der Waals surface area (Å²) in [5.41, 5.74) is -2.52. The second-order valence-corrected chi connectivity index (χ2v) is 11.6. The van der Waals surface area contributed by atoms with Crippen LogP contribution in [-0.4, -0.2) is 67.2 Å². The number of aliphatic carboxylic acids is 1. The van der Waals surface area contributed by atoms with E-state index in [0.717, 1.165) is 15.8 Å². The highest BCUT2D eigenvalue weighted by Gasteiger charge is 2.44. The number of alkyl halides is 3. The van der Waals surface area contributed by atoms with Crippen molar-refractivity contribution in [2.75, 3.05) is 13.1 Å². The molecule has 1 saturated heterocycles. The highest BCUT2D eigenvalue weighted by atomic mass is 35.5. The standard InChI is InChI=1S/C26H29Cl2F3N4O5/c1-25(2)8-7-16(40-25)12-34(13-20(36)21-18(27)10-32-11-19(21)28)23(37)17-9-33-35(22(17)26(29,30)31)15-5-3-14(4-6-15)24(38)39/h9-11,14-16H,3-8,12-13H2,1-2H3,(H,38,39)/t14-,15-,16-/m0/s1. The molecule has 0 unspecified atom stereocenters. The van der Waals surface area contributed by atoms with E-state index in [4.69, 9.17) is 27.9 Å². The monoisotopic (exact) mass is 604 g/mol. The van der Waals surface area contributed by atoms with Gasteiger partial charge in [-0.15, -0.1) is 0 Å². The lowest BCUT2D eigenvalue weighted by atomic mass is 9.86. The molecule has 9 nitrogen and oxygen atoms in total. The number of hydrogen-bond donors (Lipinski definition) is 1. The maximum Gasteiger partial charge on any atom is 0.433 e. The molecule has 2 fully saturated rings. The van der Waals surface area contributed by atoms with Crippen LogP contribution in [0.4, 0.5) is 13.2 Å². The molecule has 0 bridgehead atoms. The van der Waals surface area contributed by atoms with Crippen LogP contribution in [0.3, 0.4) is 0 Å². The largest absolute Gasteiger partial charge is 0.481 e. The van der Waals surface area contributed by atoms with E-state index in [9.17, 15) is 32.7 Å². The molecule has 0 spiro atoms. The fourth-order valence-electron chi connectivity index (χ4n) is 5.42. The van der Waals surface area contributed by atoms with Gasteiger partial charge in [-0.1, -0.05) is 23.2 Å². The number of pyridine rings is 1. The minimum absolute atomic E-state index is 0.0519. The van der Waals surface area contributed by atoms with Gasteiger partial charge in [-0.25, -0.2) is 0 Å². The summed E-state index contributed by atoms with van der Waals surface area (Å²) >= 11 is 12.2. The number of carbonyl (C=O) groups excluding carboxylic acids is 2. The summed E-state index contributed by atoms with van der Waals surface area (Å²) in [6.45, 7) is 2.99. The molecule has 0 aromatic carbocycles. The molecule has 14 heteroatoms. The van der Waals surface area contributed by atoms with Crippen LogP contribution in [0.2, 0.25) is 10.0 Å². The van der Waals surface area contributed by atoms with Crippen molar-refractivity contribution in [1.82, 2.24) is 19.7 Å². The molecule has 3 heterocycles. The second kappa shape index (κ2) is 11.7. The Morgan fingerprint density at radius 3 is 2.25 bits per heavy atom. The van der Waals surface area contributed by atoms with Crippen LogP contribution in [0.15, 0.2) is 18.6 Å². The van der Waals surface area contributed by atoms with Crippen molar-refractivity contribution in [1.29, 1.82) is 0 Å². The van der Waals surface area contributed by atoms with Gasteiger partial charge >= 0.3 is 12.1 Å². The minimum Gasteiger partial charge on any atom is -0.481 e. The smallest absolute Gasteiger partial charge is 0.433 e. The number of hydrogen-bond acceptors (Lipinski definition) is 6. The van der Waals surface area contributed by atoms with Gasteiger partial charge in [0.05, 0.1) is 57.6 Å². The fourth-order valence-corrected chi connectivity index (χ4v) is 5.99. The molecule has 1 saturated carbocycles. The first-order valence-electron chi connectivity index (χ1n) is 12.8. The number of carboxylic acid groups (broad SMARTS) is 1. The molecule has 0 radical (unpaired) electrons. The van der Waals surface area contributed by atoms with Crippen molar-refractivity contribution in [2.45, 2.75) is 76.3 Å². The van der Waals surface area contributed by atoms with Gasteiger partial charge in [0, 0.05) is 18.9 Å². The summed E-state index contributed by atoms with van der Waals surface area (Å²) in [6, 6.07) is -0.725. The molecule has 4 rings (SSSR count). The highest BCUT2D eigenvalue weighted by Crippen LogP contribution is 2.39. The summed E-state index contributed by atoms with van der Waals surface area (Å²) in [5, 5.41) is 13.1. The number of amides is 1. The van der Waals surface area contributed by atoms with Gasteiger partial charge in [-0.2, -0.15) is 18.3 Å². The zero-order valence-corrected chi connectivity index (χ0v) is 23.4. The number of halogens is 5. The van der Waals surface area contributed by atoms with Gasteiger partial charge in [0.15, 0.2) is 11.5 Å². The summed E-state index contributed by atoms with van der Waals surface area (Å²) in [4.78, 5) is 43.1. The van der Waals surface area contributed by atoms with Crippen molar-refractivity contribution in [3.63, 3.8) is 0 Å². The number of Topliss-reactive ketones (excluding diaryl/α,β-unsaturated/α-hetero) is 1. The van der Waals surface area contributed by atoms with E-state index in [0.29, 0.717) is 12.8 Å². The van der Waals surface area contributed by atoms with Crippen molar-refractivity contribution in [3.8, 4) is 0 Å². The molecule has 1 N–H and O–H groups in total. The van der Waals surface area contributed by atoms with Crippen molar-refractivity contribution >= 4 is 40.9 Å². The second-order valence-electron chi connectivity index (χ2n) is 10.8. The third-order valence-electron chi connectivity index (χ3n) is 7.42. The normalized spacial score (nSPS) is 22.7. The molecule has 1 amide bonds. The topological polar surface area (TPSA) is 115 Å². The van der Waals surface area contributed by atoms with Crippen LogP contribution in [-0.2, 0) is 15.7 Å². The number of carboxylic acids is 1. The maximum atomic E-state index is 14.4. The Balaban J connectivity index is 1.67. The van der Waals surface area contributed by atoms with Gasteiger partial charge < -0.3 is 14.7 Å². The van der Waals surface area contributed by atoms with Crippen LogP contribution in [0.1, 0.15) is 84.8 Å². The van der Waals surface area contributed by atoms with Gasteiger partial charge in [0.25, 0.3) is 5.91 Å². The van der Waals surface area contributed by atoms with E-state index in [2.05, 4.69) is 10.1 Å². The summed E-state index contributed by atoms with van der Waals surface area (Å²) in [7, 11) is 0. The Bertz CT molecular complexity index is 1270. The lowest BCUT2D eigenvalue weighted by molar-refractivity contribution is -0.147. The van der Waals surface area contributed by atoms with E-state index in [1.165, 1.54) is 12.4 Å². The van der Waals surface area contributed by atoms with E-state index < -0.39 is 65.3 Å². The van der Waals surface area contributed by atoms with Gasteiger partial charge in [-0.3, -0.25) is 24.0 Å². The van der Waals surface area contributed by atoms with E-state index >= 15 is 0 Å². The fraction of sp³-hybridized carbons (Fsp3) is 0.577. The highest BCUT2D eigenvalue weighted by molar-refractivity contribution is 6.39. The average Bonchev–Trinajstić information content (AvgIpc) is 3.46. The Labute approximate surface area is 238 Å². The zero-order chi connectivity index (χ0) is 29.4.